The molecule has 4 heteroatoms. The largest absolute Gasteiger partial charge is 0.466 e. The molecule has 0 aliphatic carbocycles. The van der Waals surface area contributed by atoms with Crippen molar-refractivity contribution in [3.8, 4) is 0 Å². The van der Waals surface area contributed by atoms with Crippen molar-refractivity contribution in [1.29, 1.82) is 0 Å². The van der Waals surface area contributed by atoms with E-state index in [1.54, 1.807) is 13.8 Å². The number of ether oxygens (including phenoxy) is 2. The molecule has 0 bridgehead atoms. The number of hydrogen-bond donors (Lipinski definition) is 0. The second kappa shape index (κ2) is 7.81. The maximum atomic E-state index is 12.2. The molecule has 0 aliphatic rings. The summed E-state index contributed by atoms with van der Waals surface area (Å²) in [6, 6.07) is 9.54. The lowest BCUT2D eigenvalue weighted by Gasteiger charge is -2.32. The third-order valence-electron chi connectivity index (χ3n) is 3.55. The Hall–Kier alpha value is -1.84. The third-order valence-corrected chi connectivity index (χ3v) is 3.55. The van der Waals surface area contributed by atoms with Crippen molar-refractivity contribution >= 4 is 11.9 Å². The van der Waals surface area contributed by atoms with Gasteiger partial charge in [-0.15, -0.1) is 0 Å². The van der Waals surface area contributed by atoms with E-state index in [0.717, 1.165) is 5.56 Å². The van der Waals surface area contributed by atoms with E-state index in [1.807, 2.05) is 44.2 Å². The maximum absolute atomic E-state index is 12.2. The molecule has 0 saturated carbocycles. The van der Waals surface area contributed by atoms with Gasteiger partial charge in [-0.1, -0.05) is 30.3 Å². The first kappa shape index (κ1) is 17.2. The zero-order valence-corrected chi connectivity index (χ0v) is 13.2. The van der Waals surface area contributed by atoms with Gasteiger partial charge in [0.2, 0.25) is 0 Å². The predicted octanol–water partition coefficient (Wildman–Crippen LogP) is 3.31. The molecule has 0 aliphatic heterocycles. The molecule has 4 nitrogen and oxygen atoms in total. The molecule has 116 valence electrons. The van der Waals surface area contributed by atoms with Gasteiger partial charge in [0.25, 0.3) is 0 Å². The number of benzene rings is 1. The average Bonchev–Trinajstić information content (AvgIpc) is 2.46. The van der Waals surface area contributed by atoms with Crippen molar-refractivity contribution in [3.05, 3.63) is 35.9 Å². The van der Waals surface area contributed by atoms with E-state index in [4.69, 9.17) is 9.47 Å². The molecule has 0 saturated heterocycles. The SMILES string of the molecule is CCOC(=O)CC(c1ccccc1)C(C)(C)C(=O)OCC. The van der Waals surface area contributed by atoms with Crippen molar-refractivity contribution in [2.75, 3.05) is 13.2 Å². The first-order chi connectivity index (χ1) is 9.93. The number of carbonyl (C=O) groups is 2. The minimum absolute atomic E-state index is 0.156. The number of esters is 2. The first-order valence-electron chi connectivity index (χ1n) is 7.31. The summed E-state index contributed by atoms with van der Waals surface area (Å²) < 4.78 is 10.2. The Bertz CT molecular complexity index is 465. The van der Waals surface area contributed by atoms with Crippen LogP contribution in [0.25, 0.3) is 0 Å². The Morgan fingerprint density at radius 1 is 1.05 bits per heavy atom. The number of carbonyl (C=O) groups excluding carboxylic acids is 2. The smallest absolute Gasteiger partial charge is 0.312 e. The van der Waals surface area contributed by atoms with Gasteiger partial charge >= 0.3 is 11.9 Å². The highest BCUT2D eigenvalue weighted by molar-refractivity contribution is 5.79. The van der Waals surface area contributed by atoms with E-state index in [1.165, 1.54) is 0 Å². The average molecular weight is 292 g/mol. The van der Waals surface area contributed by atoms with Crippen LogP contribution in [-0.4, -0.2) is 25.2 Å². The Morgan fingerprint density at radius 3 is 2.14 bits per heavy atom. The van der Waals surface area contributed by atoms with Crippen LogP contribution < -0.4 is 0 Å². The monoisotopic (exact) mass is 292 g/mol. The summed E-state index contributed by atoms with van der Waals surface area (Å²) in [7, 11) is 0. The molecule has 21 heavy (non-hydrogen) atoms. The van der Waals surface area contributed by atoms with E-state index in [2.05, 4.69) is 0 Å². The molecule has 1 unspecified atom stereocenters. The van der Waals surface area contributed by atoms with Gasteiger partial charge in [-0.2, -0.15) is 0 Å². The lowest BCUT2D eigenvalue weighted by atomic mass is 9.73. The minimum Gasteiger partial charge on any atom is -0.466 e. The van der Waals surface area contributed by atoms with Crippen molar-refractivity contribution in [3.63, 3.8) is 0 Å². The van der Waals surface area contributed by atoms with E-state index in [-0.39, 0.29) is 24.3 Å². The van der Waals surface area contributed by atoms with Gasteiger partial charge in [0.05, 0.1) is 25.0 Å². The van der Waals surface area contributed by atoms with Crippen molar-refractivity contribution in [2.45, 2.75) is 40.0 Å². The summed E-state index contributed by atoms with van der Waals surface area (Å²) in [5.74, 6) is -0.885. The number of hydrogen-bond acceptors (Lipinski definition) is 4. The first-order valence-corrected chi connectivity index (χ1v) is 7.31. The summed E-state index contributed by atoms with van der Waals surface area (Å²) >= 11 is 0. The molecule has 0 spiro atoms. The molecule has 0 N–H and O–H groups in total. The van der Waals surface area contributed by atoms with E-state index >= 15 is 0 Å². The second-order valence-corrected chi connectivity index (χ2v) is 5.41. The van der Waals surface area contributed by atoms with Gasteiger partial charge in [-0.3, -0.25) is 9.59 Å². The molecule has 0 radical (unpaired) electrons. The molecule has 0 fully saturated rings. The van der Waals surface area contributed by atoms with Crippen LogP contribution in [-0.2, 0) is 19.1 Å². The van der Waals surface area contributed by atoms with Crippen LogP contribution in [0.15, 0.2) is 30.3 Å². The Labute approximate surface area is 126 Å². The van der Waals surface area contributed by atoms with E-state index in [9.17, 15) is 9.59 Å². The van der Waals surface area contributed by atoms with Gasteiger partial charge < -0.3 is 9.47 Å². The highest BCUT2D eigenvalue weighted by atomic mass is 16.5. The van der Waals surface area contributed by atoms with Crippen molar-refractivity contribution in [1.82, 2.24) is 0 Å². The molecule has 0 heterocycles. The van der Waals surface area contributed by atoms with Gasteiger partial charge in [-0.05, 0) is 33.3 Å². The van der Waals surface area contributed by atoms with Gasteiger partial charge in [0.1, 0.15) is 0 Å². The van der Waals surface area contributed by atoms with Crippen LogP contribution in [0.1, 0.15) is 45.6 Å². The fraction of sp³-hybridized carbons (Fsp3) is 0.529. The molecule has 0 amide bonds. The summed E-state index contributed by atoms with van der Waals surface area (Å²) in [4.78, 5) is 24.1. The summed E-state index contributed by atoms with van der Waals surface area (Å²) in [6.45, 7) is 7.82. The molecule has 1 aromatic carbocycles. The summed E-state index contributed by atoms with van der Waals surface area (Å²) in [5.41, 5.74) is 0.132. The summed E-state index contributed by atoms with van der Waals surface area (Å²) in [6.07, 6.45) is 0.156. The lowest BCUT2D eigenvalue weighted by molar-refractivity contribution is -0.156. The standard InChI is InChI=1S/C17H24O4/c1-5-20-15(18)12-14(13-10-8-7-9-11-13)17(3,4)16(19)21-6-2/h7-11,14H,5-6,12H2,1-4H3. The Balaban J connectivity index is 3.07. The topological polar surface area (TPSA) is 52.6 Å². The Morgan fingerprint density at radius 2 is 1.62 bits per heavy atom. The fourth-order valence-electron chi connectivity index (χ4n) is 2.32. The highest BCUT2D eigenvalue weighted by Gasteiger charge is 2.40. The quantitative estimate of drug-likeness (QED) is 0.723. The van der Waals surface area contributed by atoms with Crippen LogP contribution in [0.5, 0.6) is 0 Å². The minimum atomic E-state index is -0.801. The summed E-state index contributed by atoms with van der Waals surface area (Å²) in [5, 5.41) is 0. The van der Waals surface area contributed by atoms with Gasteiger partial charge in [-0.25, -0.2) is 0 Å². The van der Waals surface area contributed by atoms with E-state index in [0.29, 0.717) is 13.2 Å². The molecular weight excluding hydrogens is 268 g/mol. The van der Waals surface area contributed by atoms with Crippen molar-refractivity contribution in [2.24, 2.45) is 5.41 Å². The second-order valence-electron chi connectivity index (χ2n) is 5.41. The lowest BCUT2D eigenvalue weighted by Crippen LogP contribution is -2.35. The molecule has 0 aromatic heterocycles. The normalized spacial score (nSPS) is 12.6. The highest BCUT2D eigenvalue weighted by Crippen LogP contribution is 2.39. The van der Waals surface area contributed by atoms with Crippen LogP contribution in [0.3, 0.4) is 0 Å². The van der Waals surface area contributed by atoms with Crippen LogP contribution in [0.4, 0.5) is 0 Å². The third kappa shape index (κ3) is 4.59. The zero-order chi connectivity index (χ0) is 15.9. The van der Waals surface area contributed by atoms with Crippen LogP contribution in [0, 0.1) is 5.41 Å². The van der Waals surface area contributed by atoms with E-state index < -0.39 is 5.41 Å². The van der Waals surface area contributed by atoms with Gasteiger partial charge in [0.15, 0.2) is 0 Å². The number of rotatable bonds is 7. The van der Waals surface area contributed by atoms with Gasteiger partial charge in [0, 0.05) is 5.92 Å². The molecule has 1 rings (SSSR count). The fourth-order valence-corrected chi connectivity index (χ4v) is 2.32. The predicted molar refractivity (Wildman–Crippen MR) is 80.8 cm³/mol. The van der Waals surface area contributed by atoms with Crippen LogP contribution >= 0.6 is 0 Å². The zero-order valence-electron chi connectivity index (χ0n) is 13.2. The van der Waals surface area contributed by atoms with Crippen molar-refractivity contribution < 1.29 is 19.1 Å². The molecule has 1 aromatic rings. The Kier molecular flexibility index (Phi) is 6.40. The maximum Gasteiger partial charge on any atom is 0.312 e. The van der Waals surface area contributed by atoms with Crippen LogP contribution in [0.2, 0.25) is 0 Å². The molecular formula is C17H24O4. The molecule has 1 atom stereocenters.